The van der Waals surface area contributed by atoms with Crippen molar-refractivity contribution in [2.75, 3.05) is 0 Å². The van der Waals surface area contributed by atoms with Crippen LogP contribution in [-0.4, -0.2) is 20.1 Å². The average Bonchev–Trinajstić information content (AvgIpc) is 3.26. The first-order chi connectivity index (χ1) is 13.4. The molecule has 0 saturated heterocycles. The number of aromatic nitrogens is 8. The third-order valence-corrected chi connectivity index (χ3v) is 3.12. The third kappa shape index (κ3) is 7.44. The molecule has 0 aromatic carbocycles. The van der Waals surface area contributed by atoms with Crippen molar-refractivity contribution >= 4 is 11.6 Å². The zero-order valence-corrected chi connectivity index (χ0v) is 19.3. The van der Waals surface area contributed by atoms with Gasteiger partial charge in [-0.2, -0.15) is 10.1 Å². The van der Waals surface area contributed by atoms with Crippen molar-refractivity contribution in [1.29, 1.82) is 10.5 Å². The van der Waals surface area contributed by atoms with Crippen molar-refractivity contribution in [2.45, 2.75) is 27.7 Å². The van der Waals surface area contributed by atoms with Gasteiger partial charge in [0, 0.05) is 30.0 Å². The monoisotopic (exact) mass is 444 g/mol. The molecule has 0 aliphatic carbocycles. The molecule has 0 saturated carbocycles. The molecule has 0 amide bonds. The maximum atomic E-state index is 8.24. The number of aryl methyl sites for hydroxylation is 4. The molecule has 0 unspecified atom stereocenters. The van der Waals surface area contributed by atoms with Crippen molar-refractivity contribution in [1.82, 2.24) is 30.1 Å². The van der Waals surface area contributed by atoms with E-state index in [1.165, 1.54) is 12.7 Å². The molecule has 0 aliphatic rings. The predicted octanol–water partition coefficient (Wildman–Crippen LogP) is -2.77. The fourth-order valence-electron chi connectivity index (χ4n) is 2.23. The number of hydrogen-bond acceptors (Lipinski definition) is 8. The van der Waals surface area contributed by atoms with Crippen molar-refractivity contribution in [2.24, 2.45) is 0 Å². The van der Waals surface area contributed by atoms with Crippen LogP contribution < -0.4 is 29.3 Å². The Morgan fingerprint density at radius 3 is 2.10 bits per heavy atom. The molecule has 0 aliphatic heterocycles. The summed E-state index contributed by atoms with van der Waals surface area (Å²) in [7, 11) is 0. The molecule has 0 spiro atoms. The predicted molar refractivity (Wildman–Crippen MR) is 87.2 cm³/mol. The Morgan fingerprint density at radius 2 is 1.48 bits per heavy atom. The fraction of sp³-hybridized carbons (Fsp3) is 0.250. The van der Waals surface area contributed by atoms with Crippen molar-refractivity contribution in [3.05, 3.63) is 47.6 Å². The molecule has 13 heteroatoms. The van der Waals surface area contributed by atoms with Crippen LogP contribution in [0.5, 0.6) is 0 Å². The second kappa shape index (κ2) is 12.6. The van der Waals surface area contributed by atoms with Crippen LogP contribution in [0, 0.1) is 50.7 Å². The van der Waals surface area contributed by atoms with E-state index in [0.29, 0.717) is 24.1 Å². The number of nitriles is 2. The molecule has 0 bridgehead atoms. The van der Waals surface area contributed by atoms with Gasteiger partial charge in [-0.1, -0.05) is 6.33 Å². The standard InChI is InChI=1S/2C7H8N4.2CHNO.Zn/c2*1-5-3-6(2)11-7(10-5)8-4-9-11;2*2-1-3;/h2*3-4H,1-2H3;2*3H;/q;;;;+2/p-2. The Bertz CT molecular complexity index is 1040. The van der Waals surface area contributed by atoms with E-state index < -0.39 is 0 Å². The Kier molecular flexibility index (Phi) is 11.0. The van der Waals surface area contributed by atoms with Gasteiger partial charge < -0.3 is 20.3 Å². The largest absolute Gasteiger partial charge is 2.00 e. The van der Waals surface area contributed by atoms with Crippen LogP contribution in [-0.2, 0) is 19.5 Å². The van der Waals surface area contributed by atoms with Gasteiger partial charge in [-0.15, -0.1) is 4.98 Å². The van der Waals surface area contributed by atoms with E-state index in [1.54, 1.807) is 9.03 Å². The smallest absolute Gasteiger partial charge is 0.812 e. The second-order valence-corrected chi connectivity index (χ2v) is 5.20. The van der Waals surface area contributed by atoms with E-state index in [-0.39, 0.29) is 19.5 Å². The normalized spacial score (nSPS) is 8.62. The molecule has 4 rings (SSSR count). The van der Waals surface area contributed by atoms with Crippen molar-refractivity contribution < 1.29 is 38.7 Å². The molecule has 0 fully saturated rings. The summed E-state index contributed by atoms with van der Waals surface area (Å²) in [5, 5.41) is 38.0. The number of nitrogens with zero attached hydrogens (tertiary/aromatic N) is 10. The summed E-state index contributed by atoms with van der Waals surface area (Å²) in [6, 6.07) is 3.95. The maximum absolute atomic E-state index is 8.24. The van der Waals surface area contributed by atoms with Gasteiger partial charge >= 0.3 is 19.5 Å². The van der Waals surface area contributed by atoms with Crippen LogP contribution >= 0.6 is 0 Å². The molecule has 4 heterocycles. The first-order valence-corrected chi connectivity index (χ1v) is 7.68. The summed E-state index contributed by atoms with van der Waals surface area (Å²) in [5.74, 6) is 1.34. The number of hydrogen-bond donors (Lipinski definition) is 0. The van der Waals surface area contributed by atoms with Gasteiger partial charge in [0.1, 0.15) is 12.0 Å². The first kappa shape index (κ1) is 25.3. The molecule has 0 atom stereocenters. The molecule has 12 nitrogen and oxygen atoms in total. The van der Waals surface area contributed by atoms with E-state index in [1.807, 2.05) is 39.8 Å². The zero-order chi connectivity index (χ0) is 21.1. The topological polar surface area (TPSA) is 182 Å². The zero-order valence-electron chi connectivity index (χ0n) is 16.3. The quantitative estimate of drug-likeness (QED) is 0.156. The molecule has 4 aromatic heterocycles. The minimum atomic E-state index is 0. The van der Waals surface area contributed by atoms with Gasteiger partial charge in [0.2, 0.25) is 0 Å². The van der Waals surface area contributed by atoms with Gasteiger partial charge in [0.05, 0.1) is 5.69 Å². The summed E-state index contributed by atoms with van der Waals surface area (Å²) in [4.78, 5) is 16.3. The number of rotatable bonds is 0. The van der Waals surface area contributed by atoms with Gasteiger partial charge in [0.25, 0.3) is 11.6 Å². The van der Waals surface area contributed by atoms with Crippen LogP contribution in [0.1, 0.15) is 22.8 Å². The Morgan fingerprint density at radius 1 is 0.931 bits per heavy atom. The summed E-state index contributed by atoms with van der Waals surface area (Å²) in [6.45, 7) is 7.86. The van der Waals surface area contributed by atoms with Crippen LogP contribution in [0.25, 0.3) is 11.6 Å². The summed E-state index contributed by atoms with van der Waals surface area (Å²) < 4.78 is 3.43. The molecular formula is C16H16N10O2Zn. The van der Waals surface area contributed by atoms with Crippen LogP contribution in [0.4, 0.5) is 0 Å². The van der Waals surface area contributed by atoms with E-state index >= 15 is 0 Å². The maximum Gasteiger partial charge on any atom is 2.00 e. The molecule has 29 heavy (non-hydrogen) atoms. The summed E-state index contributed by atoms with van der Waals surface area (Å²) >= 11 is 0. The average molecular weight is 446 g/mol. The van der Waals surface area contributed by atoms with Gasteiger partial charge in [-0.25, -0.2) is 24.5 Å². The summed E-state index contributed by atoms with van der Waals surface area (Å²) in [5.41, 5.74) is 4.07. The first-order valence-electron chi connectivity index (χ1n) is 7.68. The van der Waals surface area contributed by atoms with Gasteiger partial charge in [-0.3, -0.25) is 0 Å². The SMILES string of the molecule is Cc1cc(C)[n+]2[n-]cnc2n1.Cc1cc(C)[n+]2nc[n-]c2n1.N#C[O-].N#C[O-].[Zn+2]. The van der Waals surface area contributed by atoms with E-state index in [2.05, 4.69) is 30.1 Å². The number of fused-ring (bicyclic) bond motifs is 2. The van der Waals surface area contributed by atoms with Crippen LogP contribution in [0.3, 0.4) is 0 Å². The molecule has 4 aromatic rings. The molecular weight excluding hydrogens is 430 g/mol. The fourth-order valence-corrected chi connectivity index (χ4v) is 2.23. The van der Waals surface area contributed by atoms with E-state index in [4.69, 9.17) is 20.7 Å². The van der Waals surface area contributed by atoms with E-state index in [9.17, 15) is 0 Å². The van der Waals surface area contributed by atoms with Crippen molar-refractivity contribution in [3.8, 4) is 12.5 Å². The Hall–Kier alpha value is -3.70. The van der Waals surface area contributed by atoms with Gasteiger partial charge in [-0.05, 0) is 33.8 Å². The van der Waals surface area contributed by atoms with Crippen LogP contribution in [0.2, 0.25) is 0 Å². The Balaban J connectivity index is 0.000000416. The summed E-state index contributed by atoms with van der Waals surface area (Å²) in [6.07, 6.45) is 4.02. The molecule has 144 valence electrons. The van der Waals surface area contributed by atoms with E-state index in [0.717, 1.165) is 22.8 Å². The Labute approximate surface area is 178 Å². The minimum Gasteiger partial charge on any atom is -0.812 e. The molecule has 0 radical (unpaired) electrons. The second-order valence-electron chi connectivity index (χ2n) is 5.20. The molecule has 0 N–H and O–H groups in total. The van der Waals surface area contributed by atoms with Crippen molar-refractivity contribution in [3.63, 3.8) is 0 Å². The minimum absolute atomic E-state index is 0. The van der Waals surface area contributed by atoms with Gasteiger partial charge in [0.15, 0.2) is 0 Å². The van der Waals surface area contributed by atoms with Crippen LogP contribution in [0.15, 0.2) is 24.8 Å². The third-order valence-electron chi connectivity index (χ3n) is 3.12.